The maximum atomic E-state index is 11.1. The molecule has 0 saturated carbocycles. The minimum atomic E-state index is -0.512. The molecule has 0 aliphatic rings. The average molecular weight is 331 g/mol. The van der Waals surface area contributed by atoms with Crippen LogP contribution in [0.5, 0.6) is 5.75 Å². The number of hydrogen-bond donors (Lipinski definition) is 1. The zero-order chi connectivity index (χ0) is 17.5. The van der Waals surface area contributed by atoms with E-state index in [1.165, 1.54) is 12.4 Å². The lowest BCUT2D eigenvalue weighted by molar-refractivity contribution is -0.113. The SMILES string of the molecule is NC(=O)/C=C/c1cc(-c2cncnc2)ccc1OCc1ccccc1. The fourth-order valence-corrected chi connectivity index (χ4v) is 2.35. The molecule has 3 rings (SSSR count). The van der Waals surface area contributed by atoms with E-state index < -0.39 is 5.91 Å². The summed E-state index contributed by atoms with van der Waals surface area (Å²) >= 11 is 0. The van der Waals surface area contributed by atoms with Crippen molar-refractivity contribution in [2.24, 2.45) is 5.73 Å². The number of rotatable bonds is 6. The van der Waals surface area contributed by atoms with Crippen molar-refractivity contribution in [1.29, 1.82) is 0 Å². The standard InChI is InChI=1S/C20H17N3O2/c21-20(24)9-7-17-10-16(18-11-22-14-23-12-18)6-8-19(17)25-13-15-4-2-1-3-5-15/h1-12,14H,13H2,(H2,21,24)/b9-7+. The van der Waals surface area contributed by atoms with Crippen molar-refractivity contribution in [1.82, 2.24) is 9.97 Å². The lowest BCUT2D eigenvalue weighted by atomic mass is 10.0. The van der Waals surface area contributed by atoms with E-state index in [0.717, 1.165) is 22.3 Å². The van der Waals surface area contributed by atoms with Gasteiger partial charge in [0.25, 0.3) is 0 Å². The van der Waals surface area contributed by atoms with Gasteiger partial charge in [0.05, 0.1) is 0 Å². The van der Waals surface area contributed by atoms with Crippen LogP contribution >= 0.6 is 0 Å². The molecular weight excluding hydrogens is 314 g/mol. The molecule has 0 aliphatic heterocycles. The van der Waals surface area contributed by atoms with Gasteiger partial charge in [0.1, 0.15) is 18.7 Å². The number of ether oxygens (including phenoxy) is 1. The van der Waals surface area contributed by atoms with Gasteiger partial charge in [-0.3, -0.25) is 4.79 Å². The minimum absolute atomic E-state index is 0.437. The van der Waals surface area contributed by atoms with Gasteiger partial charge in [-0.25, -0.2) is 9.97 Å². The Labute approximate surface area is 145 Å². The van der Waals surface area contributed by atoms with Crippen LogP contribution in [0.15, 0.2) is 73.3 Å². The third-order valence-electron chi connectivity index (χ3n) is 3.57. The first-order chi connectivity index (χ1) is 12.2. The smallest absolute Gasteiger partial charge is 0.241 e. The van der Waals surface area contributed by atoms with Gasteiger partial charge in [-0.1, -0.05) is 36.4 Å². The van der Waals surface area contributed by atoms with E-state index in [1.54, 1.807) is 18.5 Å². The molecule has 1 aromatic heterocycles. The highest BCUT2D eigenvalue weighted by atomic mass is 16.5. The van der Waals surface area contributed by atoms with Gasteiger partial charge in [0, 0.05) is 29.6 Å². The first-order valence-corrected chi connectivity index (χ1v) is 7.76. The van der Waals surface area contributed by atoms with Gasteiger partial charge >= 0.3 is 0 Å². The molecule has 0 unspecified atom stereocenters. The molecule has 2 N–H and O–H groups in total. The molecule has 0 bridgehead atoms. The fraction of sp³-hybridized carbons (Fsp3) is 0.0500. The second-order valence-electron chi connectivity index (χ2n) is 5.39. The Hall–Kier alpha value is -3.47. The topological polar surface area (TPSA) is 78.1 Å². The molecule has 0 atom stereocenters. The van der Waals surface area contributed by atoms with Crippen LogP contribution in [-0.2, 0) is 11.4 Å². The van der Waals surface area contributed by atoms with Crippen molar-refractivity contribution in [2.45, 2.75) is 6.61 Å². The number of carbonyl (C=O) groups is 1. The number of hydrogen-bond acceptors (Lipinski definition) is 4. The quantitative estimate of drug-likeness (QED) is 0.704. The Morgan fingerprint density at radius 1 is 1.04 bits per heavy atom. The molecule has 5 heteroatoms. The summed E-state index contributed by atoms with van der Waals surface area (Å²) in [6.07, 6.45) is 7.91. The Balaban J connectivity index is 1.89. The second kappa shape index (κ2) is 7.88. The van der Waals surface area contributed by atoms with Crippen LogP contribution in [-0.4, -0.2) is 15.9 Å². The van der Waals surface area contributed by atoms with E-state index in [0.29, 0.717) is 12.4 Å². The average Bonchev–Trinajstić information content (AvgIpc) is 2.66. The summed E-state index contributed by atoms with van der Waals surface area (Å²) in [6.45, 7) is 0.437. The second-order valence-corrected chi connectivity index (χ2v) is 5.39. The first kappa shape index (κ1) is 16.4. The van der Waals surface area contributed by atoms with Gasteiger partial charge in [-0.05, 0) is 29.3 Å². The number of carbonyl (C=O) groups excluding carboxylic acids is 1. The van der Waals surface area contributed by atoms with Gasteiger partial charge in [0.2, 0.25) is 5.91 Å². The lowest BCUT2D eigenvalue weighted by Gasteiger charge is -2.11. The Morgan fingerprint density at radius 2 is 1.80 bits per heavy atom. The third kappa shape index (κ3) is 4.51. The summed E-state index contributed by atoms with van der Waals surface area (Å²) in [5.74, 6) is 0.157. The molecule has 0 aliphatic carbocycles. The Kier molecular flexibility index (Phi) is 5.16. The molecule has 1 amide bonds. The first-order valence-electron chi connectivity index (χ1n) is 7.76. The number of primary amides is 1. The van der Waals surface area contributed by atoms with Crippen molar-refractivity contribution in [3.05, 3.63) is 84.5 Å². The maximum Gasteiger partial charge on any atom is 0.241 e. The molecule has 0 radical (unpaired) electrons. The summed E-state index contributed by atoms with van der Waals surface area (Å²) in [7, 11) is 0. The van der Waals surface area contributed by atoms with E-state index in [9.17, 15) is 4.79 Å². The van der Waals surface area contributed by atoms with Crippen LogP contribution in [0.2, 0.25) is 0 Å². The zero-order valence-corrected chi connectivity index (χ0v) is 13.5. The Bertz CT molecular complexity index is 878. The van der Waals surface area contributed by atoms with Gasteiger partial charge < -0.3 is 10.5 Å². The molecule has 0 fully saturated rings. The minimum Gasteiger partial charge on any atom is -0.488 e. The van der Waals surface area contributed by atoms with E-state index in [1.807, 2.05) is 48.5 Å². The van der Waals surface area contributed by atoms with Crippen molar-refractivity contribution >= 4 is 12.0 Å². The normalized spacial score (nSPS) is 10.7. The van der Waals surface area contributed by atoms with E-state index in [4.69, 9.17) is 10.5 Å². The zero-order valence-electron chi connectivity index (χ0n) is 13.5. The highest BCUT2D eigenvalue weighted by molar-refractivity contribution is 5.91. The number of aromatic nitrogens is 2. The predicted molar refractivity (Wildman–Crippen MR) is 96.5 cm³/mol. The molecular formula is C20H17N3O2. The lowest BCUT2D eigenvalue weighted by Crippen LogP contribution is -2.05. The van der Waals surface area contributed by atoms with Crippen LogP contribution in [0.4, 0.5) is 0 Å². The summed E-state index contributed by atoms with van der Waals surface area (Å²) in [5, 5.41) is 0. The molecule has 5 nitrogen and oxygen atoms in total. The molecule has 25 heavy (non-hydrogen) atoms. The van der Waals surface area contributed by atoms with Crippen LogP contribution in [0.1, 0.15) is 11.1 Å². The molecule has 0 saturated heterocycles. The van der Waals surface area contributed by atoms with E-state index in [2.05, 4.69) is 9.97 Å². The molecule has 2 aromatic carbocycles. The molecule has 0 spiro atoms. The van der Waals surface area contributed by atoms with Gasteiger partial charge in [-0.2, -0.15) is 0 Å². The molecule has 1 heterocycles. The molecule has 3 aromatic rings. The highest BCUT2D eigenvalue weighted by Crippen LogP contribution is 2.27. The van der Waals surface area contributed by atoms with Crippen LogP contribution in [0.25, 0.3) is 17.2 Å². The third-order valence-corrected chi connectivity index (χ3v) is 3.57. The summed E-state index contributed by atoms with van der Waals surface area (Å²) < 4.78 is 5.91. The summed E-state index contributed by atoms with van der Waals surface area (Å²) in [5.41, 5.74) is 8.85. The number of nitrogens with two attached hydrogens (primary N) is 1. The summed E-state index contributed by atoms with van der Waals surface area (Å²) in [4.78, 5) is 19.2. The van der Waals surface area contributed by atoms with Gasteiger partial charge in [0.15, 0.2) is 0 Å². The van der Waals surface area contributed by atoms with Crippen molar-refractivity contribution in [3.8, 4) is 16.9 Å². The largest absolute Gasteiger partial charge is 0.488 e. The van der Waals surface area contributed by atoms with Crippen molar-refractivity contribution in [3.63, 3.8) is 0 Å². The Morgan fingerprint density at radius 3 is 2.52 bits per heavy atom. The maximum absolute atomic E-state index is 11.1. The van der Waals surface area contributed by atoms with Crippen molar-refractivity contribution < 1.29 is 9.53 Å². The van der Waals surface area contributed by atoms with Gasteiger partial charge in [-0.15, -0.1) is 0 Å². The van der Waals surface area contributed by atoms with Crippen LogP contribution < -0.4 is 10.5 Å². The fourth-order valence-electron chi connectivity index (χ4n) is 2.35. The number of nitrogens with zero attached hydrogens (tertiary/aromatic N) is 2. The predicted octanol–water partition coefficient (Wildman–Crippen LogP) is 3.22. The molecule has 124 valence electrons. The summed E-state index contributed by atoms with van der Waals surface area (Å²) in [6, 6.07) is 15.6. The number of amides is 1. The van der Waals surface area contributed by atoms with E-state index >= 15 is 0 Å². The monoisotopic (exact) mass is 331 g/mol. The highest BCUT2D eigenvalue weighted by Gasteiger charge is 2.06. The van der Waals surface area contributed by atoms with Crippen LogP contribution in [0, 0.1) is 0 Å². The van der Waals surface area contributed by atoms with E-state index in [-0.39, 0.29) is 0 Å². The van der Waals surface area contributed by atoms with Crippen LogP contribution in [0.3, 0.4) is 0 Å². The number of benzene rings is 2. The van der Waals surface area contributed by atoms with Crippen molar-refractivity contribution in [2.75, 3.05) is 0 Å².